The van der Waals surface area contributed by atoms with Crippen LogP contribution in [0.2, 0.25) is 0 Å². The number of aryl methyl sites for hydroxylation is 2. The van der Waals surface area contributed by atoms with E-state index in [0.717, 1.165) is 41.2 Å². The third-order valence-corrected chi connectivity index (χ3v) is 7.76. The summed E-state index contributed by atoms with van der Waals surface area (Å²) in [6, 6.07) is 1.53. The number of aromatic nitrogens is 5. The number of hydrogen-bond donors (Lipinski definition) is 2. The van der Waals surface area contributed by atoms with E-state index in [1.807, 2.05) is 33.3 Å². The van der Waals surface area contributed by atoms with Crippen LogP contribution >= 0.6 is 11.3 Å². The lowest BCUT2D eigenvalue weighted by Crippen LogP contribution is -2.42. The van der Waals surface area contributed by atoms with Crippen LogP contribution in [0.15, 0.2) is 37.1 Å². The zero-order valence-electron chi connectivity index (χ0n) is 20.7. The van der Waals surface area contributed by atoms with Crippen molar-refractivity contribution in [1.29, 1.82) is 0 Å². The number of fused-ring (bicyclic) bond motifs is 1. The van der Waals surface area contributed by atoms with Crippen LogP contribution in [0.3, 0.4) is 0 Å². The number of rotatable bonds is 6. The molecule has 10 nitrogen and oxygen atoms in total. The second kappa shape index (κ2) is 10.2. The molecule has 36 heavy (non-hydrogen) atoms. The molecule has 2 amide bonds. The summed E-state index contributed by atoms with van der Waals surface area (Å²) in [4.78, 5) is 34.4. The van der Waals surface area contributed by atoms with Crippen LogP contribution in [0.4, 0.5) is 11.4 Å². The number of likely N-dealkylation sites (tertiary alicyclic amines) is 1. The normalized spacial score (nSPS) is 15.5. The fourth-order valence-electron chi connectivity index (χ4n) is 4.44. The van der Waals surface area contributed by atoms with Crippen molar-refractivity contribution in [2.45, 2.75) is 45.6 Å². The summed E-state index contributed by atoms with van der Waals surface area (Å²) in [6.07, 6.45) is 13.5. The molecule has 5 rings (SSSR count). The largest absolute Gasteiger partial charge is 0.323 e. The number of pyridine rings is 1. The summed E-state index contributed by atoms with van der Waals surface area (Å²) >= 11 is 1.48. The van der Waals surface area contributed by atoms with Gasteiger partial charge in [0.15, 0.2) is 0 Å². The Morgan fingerprint density at radius 2 is 1.81 bits per heavy atom. The highest BCUT2D eigenvalue weighted by Gasteiger charge is 2.23. The highest BCUT2D eigenvalue weighted by atomic mass is 32.1. The van der Waals surface area contributed by atoms with E-state index in [1.165, 1.54) is 24.2 Å². The lowest BCUT2D eigenvalue weighted by atomic mass is 10.2. The maximum absolute atomic E-state index is 13.2. The van der Waals surface area contributed by atoms with E-state index in [1.54, 1.807) is 33.9 Å². The maximum atomic E-state index is 13.2. The van der Waals surface area contributed by atoms with Crippen LogP contribution in [0.1, 0.15) is 48.7 Å². The minimum atomic E-state index is -0.282. The Bertz CT molecular complexity index is 1400. The minimum absolute atomic E-state index is 0.0697. The molecule has 0 saturated carbocycles. The van der Waals surface area contributed by atoms with E-state index in [0.29, 0.717) is 22.6 Å². The fourth-order valence-corrected chi connectivity index (χ4v) is 5.47. The van der Waals surface area contributed by atoms with Crippen LogP contribution in [-0.2, 0) is 11.8 Å². The van der Waals surface area contributed by atoms with E-state index in [-0.39, 0.29) is 17.9 Å². The highest BCUT2D eigenvalue weighted by Crippen LogP contribution is 2.30. The van der Waals surface area contributed by atoms with E-state index in [9.17, 15) is 9.59 Å². The van der Waals surface area contributed by atoms with Crippen molar-refractivity contribution in [2.24, 2.45) is 7.05 Å². The molecule has 0 radical (unpaired) electrons. The molecule has 1 fully saturated rings. The van der Waals surface area contributed by atoms with Gasteiger partial charge in [-0.1, -0.05) is 12.8 Å². The van der Waals surface area contributed by atoms with Crippen LogP contribution in [-0.4, -0.2) is 60.2 Å². The lowest BCUT2D eigenvalue weighted by molar-refractivity contribution is -0.120. The van der Waals surface area contributed by atoms with Crippen molar-refractivity contribution in [1.82, 2.24) is 29.3 Å². The number of hydrogen-bond acceptors (Lipinski definition) is 7. The molecule has 1 saturated heterocycles. The molecule has 0 spiro atoms. The van der Waals surface area contributed by atoms with Crippen LogP contribution in [0, 0.1) is 6.92 Å². The molecule has 0 bridgehead atoms. The van der Waals surface area contributed by atoms with Gasteiger partial charge in [-0.2, -0.15) is 10.2 Å². The molecule has 1 aliphatic rings. The number of nitrogens with one attached hydrogen (secondary N) is 2. The van der Waals surface area contributed by atoms with Gasteiger partial charge in [-0.05, 0) is 45.8 Å². The van der Waals surface area contributed by atoms with E-state index in [2.05, 4.69) is 30.7 Å². The number of amides is 2. The number of anilines is 2. The second-order valence-corrected chi connectivity index (χ2v) is 10.3. The van der Waals surface area contributed by atoms with Gasteiger partial charge in [0.25, 0.3) is 5.91 Å². The molecule has 2 N–H and O–H groups in total. The first-order chi connectivity index (χ1) is 17.4. The summed E-state index contributed by atoms with van der Waals surface area (Å²) in [6.45, 7) is 5.64. The molecule has 1 aliphatic heterocycles. The second-order valence-electron chi connectivity index (χ2n) is 9.23. The van der Waals surface area contributed by atoms with E-state index >= 15 is 0 Å². The molecule has 4 aromatic heterocycles. The minimum Gasteiger partial charge on any atom is -0.323 e. The summed E-state index contributed by atoms with van der Waals surface area (Å²) in [5, 5.41) is 14.5. The summed E-state index contributed by atoms with van der Waals surface area (Å²) in [7, 11) is 1.86. The van der Waals surface area contributed by atoms with Crippen LogP contribution in [0.5, 0.6) is 0 Å². The van der Waals surface area contributed by atoms with Crippen molar-refractivity contribution < 1.29 is 9.59 Å². The Hall–Kier alpha value is -3.57. The van der Waals surface area contributed by atoms with Crippen LogP contribution < -0.4 is 10.6 Å². The number of carbonyl (C=O) groups excluding carboxylic acids is 2. The van der Waals surface area contributed by atoms with Crippen molar-refractivity contribution in [3.8, 4) is 10.4 Å². The third-order valence-electron chi connectivity index (χ3n) is 6.60. The standard InChI is InChI=1S/C25H30N8O2S/c1-16-21(10-19(12-26-16)29-23(34)17(2)32-8-6-4-5-7-9-32)30-24(35)20-13-28-33-15-22(36-25(20)33)18-11-27-31(3)14-18/h10-15,17H,4-9H2,1-3H3,(H,29,34)(H,30,35). The molecule has 4 aromatic rings. The van der Waals surface area contributed by atoms with Gasteiger partial charge in [-0.15, -0.1) is 11.3 Å². The Labute approximate surface area is 213 Å². The number of nitrogens with zero attached hydrogens (tertiary/aromatic N) is 6. The molecule has 188 valence electrons. The van der Waals surface area contributed by atoms with Crippen molar-refractivity contribution in [2.75, 3.05) is 23.7 Å². The van der Waals surface area contributed by atoms with Crippen LogP contribution in [0.25, 0.3) is 15.3 Å². The van der Waals surface area contributed by atoms with Gasteiger partial charge in [0.05, 0.1) is 52.1 Å². The first-order valence-electron chi connectivity index (χ1n) is 12.2. The Balaban J connectivity index is 1.30. The Morgan fingerprint density at radius 3 is 2.53 bits per heavy atom. The molecule has 1 atom stereocenters. The average molecular weight is 507 g/mol. The lowest BCUT2D eigenvalue weighted by Gasteiger charge is -2.26. The predicted octanol–water partition coefficient (Wildman–Crippen LogP) is 3.96. The zero-order valence-corrected chi connectivity index (χ0v) is 21.5. The first-order valence-corrected chi connectivity index (χ1v) is 13.0. The zero-order chi connectivity index (χ0) is 25.2. The molecular weight excluding hydrogens is 476 g/mol. The Kier molecular flexibility index (Phi) is 6.84. The third kappa shape index (κ3) is 5.02. The van der Waals surface area contributed by atoms with E-state index < -0.39 is 0 Å². The van der Waals surface area contributed by atoms with Gasteiger partial charge in [-0.25, -0.2) is 4.52 Å². The van der Waals surface area contributed by atoms with Gasteiger partial charge < -0.3 is 10.6 Å². The summed E-state index contributed by atoms with van der Waals surface area (Å²) < 4.78 is 3.44. The molecule has 11 heteroatoms. The fraction of sp³-hybridized carbons (Fsp3) is 0.400. The first kappa shape index (κ1) is 24.1. The van der Waals surface area contributed by atoms with E-state index in [4.69, 9.17) is 0 Å². The quantitative estimate of drug-likeness (QED) is 0.410. The topological polar surface area (TPSA) is 109 Å². The monoisotopic (exact) mass is 506 g/mol. The smallest absolute Gasteiger partial charge is 0.260 e. The van der Waals surface area contributed by atoms with Gasteiger partial charge in [0.2, 0.25) is 5.91 Å². The molecular formula is C25H30N8O2S. The van der Waals surface area contributed by atoms with Crippen molar-refractivity contribution in [3.05, 3.63) is 48.3 Å². The van der Waals surface area contributed by atoms with Gasteiger partial charge >= 0.3 is 0 Å². The summed E-state index contributed by atoms with van der Waals surface area (Å²) in [5.74, 6) is -0.351. The molecule has 0 aliphatic carbocycles. The van der Waals surface area contributed by atoms with Crippen molar-refractivity contribution >= 4 is 39.4 Å². The predicted molar refractivity (Wildman–Crippen MR) is 140 cm³/mol. The SMILES string of the molecule is Cc1ncc(NC(=O)C(C)N2CCCCCC2)cc1NC(=O)c1cnn2cc(-c3cnn(C)c3)sc12. The molecule has 0 aromatic carbocycles. The molecule has 5 heterocycles. The number of thiazole rings is 1. The highest BCUT2D eigenvalue weighted by molar-refractivity contribution is 7.21. The van der Waals surface area contributed by atoms with Gasteiger partial charge in [0, 0.05) is 25.0 Å². The van der Waals surface area contributed by atoms with Crippen molar-refractivity contribution in [3.63, 3.8) is 0 Å². The maximum Gasteiger partial charge on any atom is 0.260 e. The molecule has 1 unspecified atom stereocenters. The average Bonchev–Trinajstić information content (AvgIpc) is 3.51. The summed E-state index contributed by atoms with van der Waals surface area (Å²) in [5.41, 5.74) is 3.20. The van der Waals surface area contributed by atoms with Gasteiger partial charge in [-0.3, -0.25) is 24.2 Å². The van der Waals surface area contributed by atoms with Gasteiger partial charge in [0.1, 0.15) is 4.83 Å². The number of carbonyl (C=O) groups is 2. The Morgan fingerprint density at radius 1 is 1.03 bits per heavy atom.